The highest BCUT2D eigenvalue weighted by Gasteiger charge is 2.34. The molecule has 1 aliphatic rings. The fraction of sp³-hybridized carbons (Fsp3) is 0.280. The first-order valence-corrected chi connectivity index (χ1v) is 12.0. The van der Waals surface area contributed by atoms with Crippen LogP contribution in [0.15, 0.2) is 66.3 Å². The van der Waals surface area contributed by atoms with Crippen LogP contribution in [0.3, 0.4) is 0 Å². The normalized spacial score (nSPS) is 14.4. The molecule has 0 radical (unpaired) electrons. The summed E-state index contributed by atoms with van der Waals surface area (Å²) in [5.74, 6) is -1.83. The van der Waals surface area contributed by atoms with Gasteiger partial charge in [-0.2, -0.15) is 0 Å². The summed E-state index contributed by atoms with van der Waals surface area (Å²) in [5.41, 5.74) is 0.756. The maximum Gasteiger partial charge on any atom is 0.261 e. The first kappa shape index (κ1) is 23.6. The number of amides is 3. The quantitative estimate of drug-likeness (QED) is 0.512. The van der Waals surface area contributed by atoms with E-state index >= 15 is 0 Å². The van der Waals surface area contributed by atoms with Crippen LogP contribution in [0.1, 0.15) is 47.0 Å². The second kappa shape index (κ2) is 11.0. The van der Waals surface area contributed by atoms with E-state index in [4.69, 9.17) is 0 Å². The van der Waals surface area contributed by atoms with Crippen LogP contribution in [0.5, 0.6) is 0 Å². The number of nitrogens with zero attached hydrogens (tertiary/aromatic N) is 2. The maximum absolute atomic E-state index is 14.2. The van der Waals surface area contributed by atoms with Gasteiger partial charge < -0.3 is 10.6 Å². The van der Waals surface area contributed by atoms with E-state index in [1.807, 2.05) is 0 Å². The average Bonchev–Trinajstić information content (AvgIpc) is 3.56. The van der Waals surface area contributed by atoms with Crippen molar-refractivity contribution in [3.05, 3.63) is 82.6 Å². The number of aromatic nitrogens is 1. The van der Waals surface area contributed by atoms with Crippen LogP contribution in [0.2, 0.25) is 0 Å². The van der Waals surface area contributed by atoms with Gasteiger partial charge >= 0.3 is 0 Å². The molecule has 1 aliphatic carbocycles. The van der Waals surface area contributed by atoms with Gasteiger partial charge in [-0.05, 0) is 60.2 Å². The zero-order chi connectivity index (χ0) is 23.9. The van der Waals surface area contributed by atoms with E-state index in [-0.39, 0.29) is 24.2 Å². The first-order valence-electron chi connectivity index (χ1n) is 11.1. The monoisotopic (exact) mass is 480 g/mol. The lowest BCUT2D eigenvalue weighted by Gasteiger charge is -2.32. The van der Waals surface area contributed by atoms with Crippen molar-refractivity contribution in [2.24, 2.45) is 0 Å². The number of pyridine rings is 1. The molecular formula is C25H25FN4O3S. The largest absolute Gasteiger partial charge is 0.351 e. The summed E-state index contributed by atoms with van der Waals surface area (Å²) in [5, 5.41) is 7.43. The van der Waals surface area contributed by atoms with Crippen molar-refractivity contribution < 1.29 is 18.8 Å². The molecule has 4 rings (SSSR count). The van der Waals surface area contributed by atoms with Gasteiger partial charge in [-0.1, -0.05) is 25.0 Å². The number of benzene rings is 1. The molecule has 0 aliphatic heterocycles. The summed E-state index contributed by atoms with van der Waals surface area (Å²) in [6.45, 7) is -0.356. The molecule has 1 saturated carbocycles. The molecule has 9 heteroatoms. The number of hydrogen-bond acceptors (Lipinski definition) is 5. The van der Waals surface area contributed by atoms with Crippen molar-refractivity contribution >= 4 is 34.7 Å². The van der Waals surface area contributed by atoms with Gasteiger partial charge in [0.25, 0.3) is 5.91 Å². The molecule has 2 N–H and O–H groups in total. The number of thiophene rings is 1. The van der Waals surface area contributed by atoms with Gasteiger partial charge in [-0.3, -0.25) is 24.3 Å². The van der Waals surface area contributed by atoms with Crippen molar-refractivity contribution in [1.29, 1.82) is 0 Å². The predicted octanol–water partition coefficient (Wildman–Crippen LogP) is 3.85. The SMILES string of the molecule is O=C(NCC(=O)N(c1cccc(F)c1)[C@H](C(=O)NC1CCCC1)c1ccncc1)c1cccs1. The van der Waals surface area contributed by atoms with E-state index in [1.165, 1.54) is 46.8 Å². The first-order chi connectivity index (χ1) is 16.5. The van der Waals surface area contributed by atoms with Crippen LogP contribution in [-0.4, -0.2) is 35.3 Å². The zero-order valence-electron chi connectivity index (χ0n) is 18.4. The van der Waals surface area contributed by atoms with Gasteiger partial charge in [-0.15, -0.1) is 11.3 Å². The van der Waals surface area contributed by atoms with Crippen molar-refractivity contribution in [3.63, 3.8) is 0 Å². The molecule has 1 fully saturated rings. The van der Waals surface area contributed by atoms with Crippen LogP contribution >= 0.6 is 11.3 Å². The molecule has 34 heavy (non-hydrogen) atoms. The highest BCUT2D eigenvalue weighted by atomic mass is 32.1. The lowest BCUT2D eigenvalue weighted by atomic mass is 10.0. The summed E-state index contributed by atoms with van der Waals surface area (Å²) < 4.78 is 14.2. The molecule has 0 bridgehead atoms. The second-order valence-electron chi connectivity index (χ2n) is 8.08. The Morgan fingerprint density at radius 1 is 1.09 bits per heavy atom. The Morgan fingerprint density at radius 2 is 1.85 bits per heavy atom. The summed E-state index contributed by atoms with van der Waals surface area (Å²) in [7, 11) is 0. The molecule has 1 aromatic carbocycles. The number of halogens is 1. The Hall–Kier alpha value is -3.59. The molecular weight excluding hydrogens is 455 g/mol. The van der Waals surface area contributed by atoms with Gasteiger partial charge in [0, 0.05) is 24.1 Å². The lowest BCUT2D eigenvalue weighted by Crippen LogP contribution is -2.49. The van der Waals surface area contributed by atoms with Crippen molar-refractivity contribution in [2.45, 2.75) is 37.8 Å². The third kappa shape index (κ3) is 5.66. The topological polar surface area (TPSA) is 91.4 Å². The molecule has 0 saturated heterocycles. The van der Waals surface area contributed by atoms with Crippen molar-refractivity contribution in [2.75, 3.05) is 11.4 Å². The summed E-state index contributed by atoms with van der Waals surface area (Å²) in [6.07, 6.45) is 6.90. The van der Waals surface area contributed by atoms with Gasteiger partial charge in [0.2, 0.25) is 11.8 Å². The molecule has 1 atom stereocenters. The highest BCUT2D eigenvalue weighted by Crippen LogP contribution is 2.29. The van der Waals surface area contributed by atoms with Gasteiger partial charge in [0.1, 0.15) is 11.9 Å². The number of hydrogen-bond donors (Lipinski definition) is 2. The molecule has 0 spiro atoms. The van der Waals surface area contributed by atoms with Gasteiger partial charge in [0.05, 0.1) is 11.4 Å². The molecule has 2 aromatic heterocycles. The summed E-state index contributed by atoms with van der Waals surface area (Å²) >= 11 is 1.26. The number of nitrogens with one attached hydrogen (secondary N) is 2. The van der Waals surface area contributed by atoms with Crippen LogP contribution in [0.4, 0.5) is 10.1 Å². The van der Waals surface area contributed by atoms with Crippen LogP contribution in [-0.2, 0) is 9.59 Å². The number of carbonyl (C=O) groups excluding carboxylic acids is 3. The predicted molar refractivity (Wildman–Crippen MR) is 128 cm³/mol. The Morgan fingerprint density at radius 3 is 2.53 bits per heavy atom. The Labute approximate surface area is 201 Å². The smallest absolute Gasteiger partial charge is 0.261 e. The van der Waals surface area contributed by atoms with Crippen LogP contribution in [0, 0.1) is 5.82 Å². The Kier molecular flexibility index (Phi) is 7.64. The molecule has 2 heterocycles. The van der Waals surface area contributed by atoms with Crippen molar-refractivity contribution in [3.8, 4) is 0 Å². The third-order valence-electron chi connectivity index (χ3n) is 5.73. The number of anilines is 1. The molecule has 0 unspecified atom stereocenters. The zero-order valence-corrected chi connectivity index (χ0v) is 19.3. The number of rotatable bonds is 8. The Balaban J connectivity index is 1.66. The lowest BCUT2D eigenvalue weighted by molar-refractivity contribution is -0.126. The highest BCUT2D eigenvalue weighted by molar-refractivity contribution is 7.12. The average molecular weight is 481 g/mol. The van der Waals surface area contributed by atoms with E-state index in [2.05, 4.69) is 15.6 Å². The van der Waals surface area contributed by atoms with Crippen LogP contribution in [0.25, 0.3) is 0 Å². The van der Waals surface area contributed by atoms with E-state index in [0.717, 1.165) is 25.7 Å². The fourth-order valence-electron chi connectivity index (χ4n) is 4.11. The van der Waals surface area contributed by atoms with Crippen LogP contribution < -0.4 is 15.5 Å². The molecule has 7 nitrogen and oxygen atoms in total. The minimum atomic E-state index is -1.06. The minimum Gasteiger partial charge on any atom is -0.351 e. The third-order valence-corrected chi connectivity index (χ3v) is 6.60. The summed E-state index contributed by atoms with van der Waals surface area (Å²) in [6, 6.07) is 11.2. The van der Waals surface area contributed by atoms with Gasteiger partial charge in [0.15, 0.2) is 0 Å². The number of carbonyl (C=O) groups is 3. The second-order valence-corrected chi connectivity index (χ2v) is 9.02. The van der Waals surface area contributed by atoms with E-state index < -0.39 is 23.7 Å². The van der Waals surface area contributed by atoms with Crippen molar-refractivity contribution in [1.82, 2.24) is 15.6 Å². The Bertz CT molecular complexity index is 1130. The fourth-order valence-corrected chi connectivity index (χ4v) is 4.75. The summed E-state index contributed by atoms with van der Waals surface area (Å²) in [4.78, 5) is 45.1. The van der Waals surface area contributed by atoms with Gasteiger partial charge in [-0.25, -0.2) is 4.39 Å². The molecule has 176 valence electrons. The van der Waals surface area contributed by atoms with E-state index in [1.54, 1.807) is 35.7 Å². The van der Waals surface area contributed by atoms with E-state index in [9.17, 15) is 18.8 Å². The standard InChI is InChI=1S/C25H25FN4O3S/c26-18-5-3-8-20(15-18)30(22(31)16-28-24(32)21-9-4-14-34-21)23(17-10-12-27-13-11-17)25(33)29-19-6-1-2-7-19/h3-5,8-15,19,23H,1-2,6-7,16H2,(H,28,32)(H,29,33)/t23-/m0/s1. The molecule has 3 amide bonds. The maximum atomic E-state index is 14.2. The molecule has 3 aromatic rings. The van der Waals surface area contributed by atoms with E-state index in [0.29, 0.717) is 10.4 Å². The minimum absolute atomic E-state index is 0.0276.